The number of carbonyl (C=O) groups excluding carboxylic acids is 4. The first-order chi connectivity index (χ1) is 19.1. The molecule has 1 aromatic rings. The van der Waals surface area contributed by atoms with Gasteiger partial charge in [0.2, 0.25) is 11.8 Å². The van der Waals surface area contributed by atoms with E-state index in [1.54, 1.807) is 25.7 Å². The quantitative estimate of drug-likeness (QED) is 0.520. The zero-order chi connectivity index (χ0) is 30.3. The number of alkyl halides is 3. The summed E-state index contributed by atoms with van der Waals surface area (Å²) in [5.74, 6) is 0.516. The van der Waals surface area contributed by atoms with E-state index in [-0.39, 0.29) is 23.6 Å². The monoisotopic (exact) mass is 576 g/mol. The predicted octanol–water partition coefficient (Wildman–Crippen LogP) is 3.46. The molecule has 3 aliphatic rings. The van der Waals surface area contributed by atoms with E-state index in [0.29, 0.717) is 38.5 Å². The minimum Gasteiger partial charge on any atom is -0.444 e. The molecule has 4 amide bonds. The van der Waals surface area contributed by atoms with Crippen LogP contribution in [-0.4, -0.2) is 69.4 Å². The van der Waals surface area contributed by atoms with Crippen molar-refractivity contribution in [3.8, 4) is 12.3 Å². The van der Waals surface area contributed by atoms with Gasteiger partial charge in [-0.15, -0.1) is 6.42 Å². The van der Waals surface area contributed by atoms with Crippen LogP contribution in [0.3, 0.4) is 0 Å². The molecule has 3 N–H and O–H groups in total. The lowest BCUT2D eigenvalue weighted by molar-refractivity contribution is -0.141. The highest BCUT2D eigenvalue weighted by atomic mass is 19.4. The largest absolute Gasteiger partial charge is 0.444 e. The average Bonchev–Trinajstić information content (AvgIpc) is 3.43. The van der Waals surface area contributed by atoms with E-state index < -0.39 is 59.3 Å². The maximum absolute atomic E-state index is 14.0. The molecule has 1 aromatic carbocycles. The van der Waals surface area contributed by atoms with Gasteiger partial charge in [0.25, 0.3) is 5.91 Å². The normalized spacial score (nSPS) is 26.7. The van der Waals surface area contributed by atoms with Crippen molar-refractivity contribution in [2.24, 2.45) is 11.7 Å². The molecule has 222 valence electrons. The van der Waals surface area contributed by atoms with Crippen LogP contribution in [0.15, 0.2) is 24.3 Å². The lowest BCUT2D eigenvalue weighted by Gasteiger charge is -2.42. The molecule has 12 heteroatoms. The van der Waals surface area contributed by atoms with Crippen LogP contribution in [-0.2, 0) is 20.5 Å². The van der Waals surface area contributed by atoms with Crippen LogP contribution in [0.5, 0.6) is 0 Å². The molecule has 0 radical (unpaired) electrons. The van der Waals surface area contributed by atoms with Gasteiger partial charge < -0.3 is 25.6 Å². The lowest BCUT2D eigenvalue weighted by Crippen LogP contribution is -2.60. The number of nitrogens with one attached hydrogen (secondary N) is 1. The Labute approximate surface area is 236 Å². The van der Waals surface area contributed by atoms with Gasteiger partial charge in [0.1, 0.15) is 17.7 Å². The van der Waals surface area contributed by atoms with Crippen LogP contribution < -0.4 is 11.1 Å². The molecule has 3 fully saturated rings. The molecular formula is C29H35F3N4O5. The minimum atomic E-state index is -4.51. The number of halogens is 3. The van der Waals surface area contributed by atoms with Gasteiger partial charge in [-0.3, -0.25) is 14.4 Å². The first-order valence-corrected chi connectivity index (χ1v) is 13.7. The van der Waals surface area contributed by atoms with Crippen molar-refractivity contribution in [2.45, 2.75) is 101 Å². The Morgan fingerprint density at radius 2 is 1.59 bits per heavy atom. The van der Waals surface area contributed by atoms with Gasteiger partial charge in [0, 0.05) is 17.6 Å². The van der Waals surface area contributed by atoms with Crippen LogP contribution in [0.2, 0.25) is 0 Å². The number of benzene rings is 1. The van der Waals surface area contributed by atoms with E-state index in [0.717, 1.165) is 12.1 Å². The van der Waals surface area contributed by atoms with E-state index in [9.17, 15) is 32.3 Å². The number of nitrogens with zero attached hydrogens (tertiary/aromatic N) is 2. The van der Waals surface area contributed by atoms with Gasteiger partial charge >= 0.3 is 12.3 Å². The Bertz CT molecular complexity index is 1220. The summed E-state index contributed by atoms with van der Waals surface area (Å²) in [5, 5.41) is 2.71. The fourth-order valence-corrected chi connectivity index (χ4v) is 6.31. The second-order valence-electron chi connectivity index (χ2n) is 12.0. The summed E-state index contributed by atoms with van der Waals surface area (Å²) in [6, 6.07) is 0.853. The van der Waals surface area contributed by atoms with Crippen molar-refractivity contribution in [1.82, 2.24) is 15.1 Å². The Morgan fingerprint density at radius 3 is 2.07 bits per heavy atom. The summed E-state index contributed by atoms with van der Waals surface area (Å²) < 4.78 is 44.4. The van der Waals surface area contributed by atoms with Gasteiger partial charge in [-0.25, -0.2) is 4.79 Å². The molecule has 41 heavy (non-hydrogen) atoms. The average molecular weight is 577 g/mol. The number of hydrogen-bond acceptors (Lipinski definition) is 5. The maximum Gasteiger partial charge on any atom is 0.416 e. The number of terminal acetylenes is 1. The number of alkyl carbamates (subject to hydrolysis) is 1. The summed E-state index contributed by atoms with van der Waals surface area (Å²) in [5.41, 5.74) is 4.05. The summed E-state index contributed by atoms with van der Waals surface area (Å²) in [4.78, 5) is 55.4. The smallest absolute Gasteiger partial charge is 0.416 e. The molecule has 2 bridgehead atoms. The number of amides is 4. The number of nitrogens with two attached hydrogens (primary N) is 1. The second-order valence-corrected chi connectivity index (χ2v) is 12.0. The van der Waals surface area contributed by atoms with Gasteiger partial charge in [-0.2, -0.15) is 13.2 Å². The molecule has 4 rings (SSSR count). The van der Waals surface area contributed by atoms with Crippen LogP contribution in [0.25, 0.3) is 0 Å². The predicted molar refractivity (Wildman–Crippen MR) is 142 cm³/mol. The van der Waals surface area contributed by atoms with Crippen molar-refractivity contribution < 1.29 is 37.1 Å². The number of rotatable bonds is 5. The summed E-state index contributed by atoms with van der Waals surface area (Å²) in [7, 11) is 0. The Hall–Kier alpha value is -3.75. The van der Waals surface area contributed by atoms with Gasteiger partial charge in [0.15, 0.2) is 0 Å². The van der Waals surface area contributed by atoms with Crippen molar-refractivity contribution >= 4 is 23.8 Å². The topological polar surface area (TPSA) is 122 Å². The molecule has 0 saturated carbocycles. The van der Waals surface area contributed by atoms with Crippen LogP contribution in [0, 0.1) is 18.3 Å². The number of hydrogen-bond donors (Lipinski definition) is 2. The Kier molecular flexibility index (Phi) is 8.30. The molecular weight excluding hydrogens is 541 g/mol. The molecule has 3 aliphatic heterocycles. The van der Waals surface area contributed by atoms with E-state index in [4.69, 9.17) is 16.9 Å². The summed E-state index contributed by atoms with van der Waals surface area (Å²) in [6.07, 6.45) is 3.03. The zero-order valence-electron chi connectivity index (χ0n) is 23.2. The maximum atomic E-state index is 14.0. The number of fused-ring (bicyclic) bond motifs is 2. The van der Waals surface area contributed by atoms with Crippen molar-refractivity contribution in [2.75, 3.05) is 0 Å². The summed E-state index contributed by atoms with van der Waals surface area (Å²) >= 11 is 0. The first-order valence-electron chi connectivity index (χ1n) is 13.7. The third-order valence-corrected chi connectivity index (χ3v) is 8.03. The first kappa shape index (κ1) is 30.2. The number of primary amides is 1. The standard InChI is InChI=1S/C29H35F3N4O5/c1-5-19-12-13-22(24(33)37)36(19)26(39)23(34-27(40)41-28(2,3)4)17-14-20-10-11-21(15-17)35(20)25(38)16-6-8-18(9-7-16)29(30,31)32/h1,6-9,17,19-23H,10-15H2,2-4H3,(H2,33,37)(H,34,40)/t17?,19-,20?,21?,22-,23-/m0/s1. The second kappa shape index (κ2) is 11.3. The molecule has 0 spiro atoms. The SMILES string of the molecule is C#C[C@H]1CC[C@@H](C(N)=O)N1C(=O)[C@@H](NC(=O)OC(C)(C)C)C1CC2CCC(C1)N2C(=O)c1ccc(C(F)(F)F)cc1. The van der Waals surface area contributed by atoms with E-state index >= 15 is 0 Å². The van der Waals surface area contributed by atoms with Crippen LogP contribution in [0.4, 0.5) is 18.0 Å². The molecule has 2 unspecified atom stereocenters. The zero-order valence-corrected chi connectivity index (χ0v) is 23.2. The summed E-state index contributed by atoms with van der Waals surface area (Å²) in [6.45, 7) is 5.06. The fourth-order valence-electron chi connectivity index (χ4n) is 6.31. The molecule has 5 atom stereocenters. The van der Waals surface area contributed by atoms with Crippen molar-refractivity contribution in [3.05, 3.63) is 35.4 Å². The molecule has 3 saturated heterocycles. The molecule has 0 aromatic heterocycles. The van der Waals surface area contributed by atoms with Crippen LogP contribution in [0.1, 0.15) is 75.2 Å². The minimum absolute atomic E-state index is 0.145. The third-order valence-electron chi connectivity index (χ3n) is 8.03. The highest BCUT2D eigenvalue weighted by Crippen LogP contribution is 2.42. The third kappa shape index (κ3) is 6.44. The van der Waals surface area contributed by atoms with Gasteiger partial charge in [-0.05, 0) is 89.5 Å². The van der Waals surface area contributed by atoms with E-state index in [1.165, 1.54) is 17.0 Å². The lowest BCUT2D eigenvalue weighted by atomic mass is 9.83. The highest BCUT2D eigenvalue weighted by molar-refractivity contribution is 5.95. The number of carbonyl (C=O) groups is 4. The van der Waals surface area contributed by atoms with Gasteiger partial charge in [-0.1, -0.05) is 5.92 Å². The van der Waals surface area contributed by atoms with Gasteiger partial charge in [0.05, 0.1) is 11.6 Å². The van der Waals surface area contributed by atoms with Crippen molar-refractivity contribution in [1.29, 1.82) is 0 Å². The van der Waals surface area contributed by atoms with Crippen LogP contribution >= 0.6 is 0 Å². The number of likely N-dealkylation sites (tertiary alicyclic amines) is 1. The Morgan fingerprint density at radius 1 is 1.00 bits per heavy atom. The highest BCUT2D eigenvalue weighted by Gasteiger charge is 2.50. The van der Waals surface area contributed by atoms with Crippen molar-refractivity contribution in [3.63, 3.8) is 0 Å². The molecule has 3 heterocycles. The number of piperidine rings is 1. The Balaban J connectivity index is 1.58. The van der Waals surface area contributed by atoms with E-state index in [1.807, 2.05) is 0 Å². The van der Waals surface area contributed by atoms with E-state index in [2.05, 4.69) is 11.2 Å². The molecule has 0 aliphatic carbocycles. The fraction of sp³-hybridized carbons (Fsp3) is 0.586. The number of ether oxygens (including phenoxy) is 1. The molecule has 9 nitrogen and oxygen atoms in total.